The summed E-state index contributed by atoms with van der Waals surface area (Å²) in [7, 11) is 1.51. The minimum absolute atomic E-state index is 0.112. The minimum atomic E-state index is -0.479. The van der Waals surface area contributed by atoms with E-state index in [0.717, 1.165) is 5.56 Å². The van der Waals surface area contributed by atoms with Gasteiger partial charge in [-0.1, -0.05) is 23.4 Å². The van der Waals surface area contributed by atoms with Crippen molar-refractivity contribution in [3.8, 4) is 5.75 Å². The zero-order valence-corrected chi connectivity index (χ0v) is 15.6. The number of methoxy groups -OCH3 is 1. The van der Waals surface area contributed by atoms with Crippen molar-refractivity contribution in [2.24, 2.45) is 0 Å². The molecule has 2 rings (SSSR count). The molecule has 0 bridgehead atoms. The molecular formula is C16H18ClN3O4S. The Morgan fingerprint density at radius 1 is 1.40 bits per heavy atom. The lowest BCUT2D eigenvalue weighted by molar-refractivity contribution is -0.113. The van der Waals surface area contributed by atoms with E-state index in [0.29, 0.717) is 21.6 Å². The maximum Gasteiger partial charge on any atom is 0.356 e. The molecule has 0 radical (unpaired) electrons. The van der Waals surface area contributed by atoms with Crippen LogP contribution in [0.15, 0.2) is 23.5 Å². The number of H-pyrrole nitrogens is 1. The predicted octanol–water partition coefficient (Wildman–Crippen LogP) is 3.29. The van der Waals surface area contributed by atoms with Gasteiger partial charge in [-0.2, -0.15) is 0 Å². The second kappa shape index (κ2) is 8.77. The molecule has 2 N–H and O–H groups in total. The van der Waals surface area contributed by atoms with E-state index in [4.69, 9.17) is 21.1 Å². The van der Waals surface area contributed by atoms with Gasteiger partial charge in [-0.05, 0) is 25.5 Å². The lowest BCUT2D eigenvalue weighted by Gasteiger charge is -2.12. The summed E-state index contributed by atoms with van der Waals surface area (Å²) in [5.41, 5.74) is 1.62. The molecule has 0 aliphatic carbocycles. The number of carbonyl (C=O) groups is 2. The number of nitrogens with one attached hydrogen (secondary N) is 2. The average Bonchev–Trinajstić information content (AvgIpc) is 3.05. The first-order valence-electron chi connectivity index (χ1n) is 7.43. The Morgan fingerprint density at radius 3 is 2.84 bits per heavy atom. The summed E-state index contributed by atoms with van der Waals surface area (Å²) < 4.78 is 10.1. The standard InChI is InChI=1S/C16H18ClN3O4S/c1-4-24-15(22)12-7-18-16(20-12)25-8-14(21)19-11-5-9(2)10(17)6-13(11)23-3/h5-7H,4,8H2,1-3H3,(H,18,20)(H,19,21). The van der Waals surface area contributed by atoms with Crippen LogP contribution < -0.4 is 10.1 Å². The van der Waals surface area contributed by atoms with Crippen LogP contribution in [0.3, 0.4) is 0 Å². The number of rotatable bonds is 7. The number of ether oxygens (including phenoxy) is 2. The number of amides is 1. The Morgan fingerprint density at radius 2 is 2.16 bits per heavy atom. The molecule has 0 saturated carbocycles. The number of carbonyl (C=O) groups excluding carboxylic acids is 2. The number of hydrogen-bond donors (Lipinski definition) is 2. The molecule has 134 valence electrons. The van der Waals surface area contributed by atoms with E-state index in [9.17, 15) is 9.59 Å². The first-order chi connectivity index (χ1) is 11.9. The average molecular weight is 384 g/mol. The van der Waals surface area contributed by atoms with E-state index >= 15 is 0 Å². The maximum absolute atomic E-state index is 12.1. The molecule has 0 fully saturated rings. The van der Waals surface area contributed by atoms with E-state index in [1.807, 2.05) is 6.92 Å². The molecule has 0 aliphatic heterocycles. The van der Waals surface area contributed by atoms with E-state index in [1.165, 1.54) is 25.1 Å². The number of nitrogens with zero attached hydrogens (tertiary/aromatic N) is 1. The van der Waals surface area contributed by atoms with Crippen LogP contribution in [0, 0.1) is 6.92 Å². The molecule has 9 heteroatoms. The molecule has 1 amide bonds. The SMILES string of the molecule is CCOC(=O)c1cnc(SCC(=O)Nc2cc(C)c(Cl)cc2OC)[nH]1. The van der Waals surface area contributed by atoms with Gasteiger partial charge < -0.3 is 19.8 Å². The summed E-state index contributed by atoms with van der Waals surface area (Å²) in [6, 6.07) is 3.40. The zero-order valence-electron chi connectivity index (χ0n) is 14.0. The number of aromatic amines is 1. The number of benzene rings is 1. The van der Waals surface area contributed by atoms with Gasteiger partial charge in [0.05, 0.1) is 31.4 Å². The van der Waals surface area contributed by atoms with Gasteiger partial charge in [0.25, 0.3) is 0 Å². The Labute approximate surface area is 154 Å². The van der Waals surface area contributed by atoms with E-state index in [-0.39, 0.29) is 24.0 Å². The Bertz CT molecular complexity index is 779. The van der Waals surface area contributed by atoms with Gasteiger partial charge >= 0.3 is 5.97 Å². The zero-order chi connectivity index (χ0) is 18.4. The molecule has 7 nitrogen and oxygen atoms in total. The van der Waals surface area contributed by atoms with Gasteiger partial charge in [0.2, 0.25) is 5.91 Å². The maximum atomic E-state index is 12.1. The first-order valence-corrected chi connectivity index (χ1v) is 8.79. The molecule has 1 aromatic carbocycles. The number of imidazole rings is 1. The second-order valence-corrected chi connectivity index (χ2v) is 6.33. The summed E-state index contributed by atoms with van der Waals surface area (Å²) >= 11 is 7.22. The highest BCUT2D eigenvalue weighted by molar-refractivity contribution is 7.99. The molecule has 0 saturated heterocycles. The summed E-state index contributed by atoms with van der Waals surface area (Å²) in [6.07, 6.45) is 1.38. The lowest BCUT2D eigenvalue weighted by atomic mass is 10.2. The molecule has 0 unspecified atom stereocenters. The van der Waals surface area contributed by atoms with Crippen molar-refractivity contribution >= 4 is 40.9 Å². The highest BCUT2D eigenvalue weighted by Crippen LogP contribution is 2.31. The Hall–Kier alpha value is -2.19. The van der Waals surface area contributed by atoms with Gasteiger partial charge in [0, 0.05) is 11.1 Å². The van der Waals surface area contributed by atoms with Gasteiger partial charge in [-0.15, -0.1) is 0 Å². The van der Waals surface area contributed by atoms with Crippen molar-refractivity contribution in [2.45, 2.75) is 19.0 Å². The minimum Gasteiger partial charge on any atom is -0.495 e. The lowest BCUT2D eigenvalue weighted by Crippen LogP contribution is -2.15. The largest absolute Gasteiger partial charge is 0.495 e. The third kappa shape index (κ3) is 5.14. The second-order valence-electron chi connectivity index (χ2n) is 4.96. The number of hydrogen-bond acceptors (Lipinski definition) is 6. The van der Waals surface area contributed by atoms with E-state index in [1.54, 1.807) is 19.1 Å². The third-order valence-corrected chi connectivity index (χ3v) is 4.44. The van der Waals surface area contributed by atoms with Crippen LogP contribution in [0.5, 0.6) is 5.75 Å². The van der Waals surface area contributed by atoms with Crippen LogP contribution in [-0.2, 0) is 9.53 Å². The van der Waals surface area contributed by atoms with Gasteiger partial charge in [0.1, 0.15) is 11.4 Å². The van der Waals surface area contributed by atoms with Gasteiger partial charge in [0.15, 0.2) is 5.16 Å². The quantitative estimate of drug-likeness (QED) is 0.563. The molecule has 25 heavy (non-hydrogen) atoms. The topological polar surface area (TPSA) is 93.3 Å². The number of thioether (sulfide) groups is 1. The van der Waals surface area contributed by atoms with Crippen molar-refractivity contribution in [1.82, 2.24) is 9.97 Å². The highest BCUT2D eigenvalue weighted by atomic mass is 35.5. The van der Waals surface area contributed by atoms with Crippen LogP contribution in [0.2, 0.25) is 5.02 Å². The van der Waals surface area contributed by atoms with Crippen LogP contribution in [0.25, 0.3) is 0 Å². The fourth-order valence-electron chi connectivity index (χ4n) is 1.94. The molecule has 2 aromatic rings. The smallest absolute Gasteiger partial charge is 0.356 e. The molecule has 1 aromatic heterocycles. The molecule has 1 heterocycles. The van der Waals surface area contributed by atoms with Crippen molar-refractivity contribution in [3.05, 3.63) is 34.6 Å². The number of halogens is 1. The van der Waals surface area contributed by atoms with Gasteiger partial charge in [-0.3, -0.25) is 4.79 Å². The third-order valence-electron chi connectivity index (χ3n) is 3.14. The summed E-state index contributed by atoms with van der Waals surface area (Å²) in [5.74, 6) is -0.121. The van der Waals surface area contributed by atoms with Crippen LogP contribution in [-0.4, -0.2) is 41.3 Å². The van der Waals surface area contributed by atoms with Crippen LogP contribution in [0.1, 0.15) is 23.0 Å². The van der Waals surface area contributed by atoms with E-state index < -0.39 is 5.97 Å². The highest BCUT2D eigenvalue weighted by Gasteiger charge is 2.13. The van der Waals surface area contributed by atoms with Crippen molar-refractivity contribution in [2.75, 3.05) is 24.8 Å². The molecular weight excluding hydrogens is 366 g/mol. The predicted molar refractivity (Wildman–Crippen MR) is 96.6 cm³/mol. The van der Waals surface area contributed by atoms with Crippen LogP contribution >= 0.6 is 23.4 Å². The molecule has 0 atom stereocenters. The molecule has 0 aliphatic rings. The van der Waals surface area contributed by atoms with Crippen molar-refractivity contribution in [1.29, 1.82) is 0 Å². The summed E-state index contributed by atoms with van der Waals surface area (Å²) in [6.45, 7) is 3.85. The van der Waals surface area contributed by atoms with E-state index in [2.05, 4.69) is 15.3 Å². The summed E-state index contributed by atoms with van der Waals surface area (Å²) in [4.78, 5) is 30.6. The fourth-order valence-corrected chi connectivity index (χ4v) is 2.74. The number of aryl methyl sites for hydroxylation is 1. The number of anilines is 1. The number of esters is 1. The first kappa shape index (κ1) is 19.1. The van der Waals surface area contributed by atoms with Crippen molar-refractivity contribution in [3.63, 3.8) is 0 Å². The summed E-state index contributed by atoms with van der Waals surface area (Å²) in [5, 5.41) is 3.79. The van der Waals surface area contributed by atoms with Crippen LogP contribution in [0.4, 0.5) is 5.69 Å². The van der Waals surface area contributed by atoms with Crippen molar-refractivity contribution < 1.29 is 19.1 Å². The Kier molecular flexibility index (Phi) is 6.72. The van der Waals surface area contributed by atoms with Gasteiger partial charge in [-0.25, -0.2) is 9.78 Å². The monoisotopic (exact) mass is 383 g/mol. The number of aromatic nitrogens is 2. The normalized spacial score (nSPS) is 10.4. The fraction of sp³-hybridized carbons (Fsp3) is 0.312. The Balaban J connectivity index is 1.95. The molecule has 0 spiro atoms.